The Hall–Kier alpha value is -1.64. The average Bonchev–Trinajstić information content (AvgIpc) is 2.67. The number of allylic oxidation sites excluding steroid dienone is 4. The summed E-state index contributed by atoms with van der Waals surface area (Å²) in [6.45, 7) is 7.89. The quantitative estimate of drug-likeness (QED) is 0.548. The topological polar surface area (TPSA) is 43.4 Å². The molecule has 0 spiro atoms. The molecule has 1 heterocycles. The molecule has 21 heavy (non-hydrogen) atoms. The summed E-state index contributed by atoms with van der Waals surface area (Å²) in [5.74, 6) is -0.000474. The summed E-state index contributed by atoms with van der Waals surface area (Å²) in [5, 5.41) is 0. The number of ether oxygens (including phenoxy) is 1. The van der Waals surface area contributed by atoms with Crippen LogP contribution in [-0.4, -0.2) is 17.9 Å². The molecule has 0 unspecified atom stereocenters. The van der Waals surface area contributed by atoms with Gasteiger partial charge in [-0.1, -0.05) is 25.2 Å². The Bertz CT molecular complexity index is 610. The first-order chi connectivity index (χ1) is 9.83. The van der Waals surface area contributed by atoms with Gasteiger partial charge in [0, 0.05) is 16.9 Å². The molecule has 0 radical (unpaired) electrons. The number of carbonyl (C=O) groups excluding carboxylic acids is 2. The smallest absolute Gasteiger partial charge is 0.316 e. The number of rotatable bonds is 1. The van der Waals surface area contributed by atoms with E-state index in [1.165, 1.54) is 0 Å². The number of esters is 1. The second-order valence-electron chi connectivity index (χ2n) is 6.91. The molecule has 0 bridgehead atoms. The van der Waals surface area contributed by atoms with E-state index in [9.17, 15) is 9.59 Å². The van der Waals surface area contributed by atoms with E-state index in [0.29, 0.717) is 0 Å². The minimum Gasteiger partial charge on any atom is -0.457 e. The first-order valence-electron chi connectivity index (χ1n) is 7.63. The highest BCUT2D eigenvalue weighted by atomic mass is 16.6. The van der Waals surface area contributed by atoms with Crippen molar-refractivity contribution in [1.82, 2.24) is 0 Å². The lowest BCUT2D eigenvalue weighted by atomic mass is 9.59. The van der Waals surface area contributed by atoms with Crippen LogP contribution >= 0.6 is 0 Å². The second-order valence-corrected chi connectivity index (χ2v) is 6.91. The summed E-state index contributed by atoms with van der Waals surface area (Å²) < 4.78 is 5.75. The predicted octanol–water partition coefficient (Wildman–Crippen LogP) is 3.37. The van der Waals surface area contributed by atoms with E-state index < -0.39 is 5.41 Å². The van der Waals surface area contributed by atoms with Gasteiger partial charge in [0.25, 0.3) is 0 Å². The minimum absolute atomic E-state index is 0.0406. The van der Waals surface area contributed by atoms with Crippen LogP contribution in [0.2, 0.25) is 0 Å². The van der Waals surface area contributed by atoms with E-state index in [2.05, 4.69) is 6.92 Å². The van der Waals surface area contributed by atoms with E-state index in [1.54, 1.807) is 6.08 Å². The second kappa shape index (κ2) is 4.43. The first-order valence-corrected chi connectivity index (χ1v) is 7.63. The third-order valence-corrected chi connectivity index (χ3v) is 5.57. The van der Waals surface area contributed by atoms with Gasteiger partial charge < -0.3 is 4.74 Å². The highest BCUT2D eigenvalue weighted by Crippen LogP contribution is 2.56. The van der Waals surface area contributed by atoms with Gasteiger partial charge in [0.1, 0.15) is 6.10 Å². The van der Waals surface area contributed by atoms with Crippen LogP contribution in [0.4, 0.5) is 0 Å². The Morgan fingerprint density at radius 1 is 1.33 bits per heavy atom. The molecule has 3 aliphatic rings. The fourth-order valence-corrected chi connectivity index (χ4v) is 4.29. The van der Waals surface area contributed by atoms with Crippen LogP contribution in [-0.2, 0) is 14.3 Å². The third-order valence-electron chi connectivity index (χ3n) is 5.57. The van der Waals surface area contributed by atoms with Gasteiger partial charge >= 0.3 is 5.97 Å². The summed E-state index contributed by atoms with van der Waals surface area (Å²) in [5.41, 5.74) is 1.05. The molecule has 3 rings (SSSR count). The van der Waals surface area contributed by atoms with Crippen molar-refractivity contribution in [2.45, 2.75) is 46.6 Å². The summed E-state index contributed by atoms with van der Waals surface area (Å²) in [6.07, 6.45) is 9.17. The zero-order valence-electron chi connectivity index (χ0n) is 13.1. The zero-order valence-corrected chi connectivity index (χ0v) is 13.1. The molecular weight excluding hydrogens is 264 g/mol. The van der Waals surface area contributed by atoms with Crippen molar-refractivity contribution in [3.63, 3.8) is 0 Å². The fraction of sp³-hybridized carbons (Fsp3) is 0.556. The van der Waals surface area contributed by atoms with E-state index in [4.69, 9.17) is 4.74 Å². The molecule has 0 N–H and O–H groups in total. The lowest BCUT2D eigenvalue weighted by molar-refractivity contribution is -0.145. The van der Waals surface area contributed by atoms with Gasteiger partial charge in [0.2, 0.25) is 0 Å². The van der Waals surface area contributed by atoms with E-state index in [-0.39, 0.29) is 29.2 Å². The lowest BCUT2D eigenvalue weighted by Crippen LogP contribution is -2.42. The van der Waals surface area contributed by atoms with Crippen LogP contribution in [0.5, 0.6) is 0 Å². The van der Waals surface area contributed by atoms with Crippen molar-refractivity contribution in [3.05, 3.63) is 35.5 Å². The average molecular weight is 286 g/mol. The molecule has 0 aromatic heterocycles. The summed E-state index contributed by atoms with van der Waals surface area (Å²) >= 11 is 0. The molecule has 112 valence electrons. The summed E-state index contributed by atoms with van der Waals surface area (Å²) in [6, 6.07) is 0. The van der Waals surface area contributed by atoms with Crippen molar-refractivity contribution in [3.8, 4) is 0 Å². The molecule has 2 aliphatic carbocycles. The number of hydrogen-bond donors (Lipinski definition) is 0. The third kappa shape index (κ3) is 1.79. The Balaban J connectivity index is 2.11. The van der Waals surface area contributed by atoms with E-state index in [0.717, 1.165) is 24.0 Å². The van der Waals surface area contributed by atoms with Crippen molar-refractivity contribution in [2.24, 2.45) is 16.7 Å². The van der Waals surface area contributed by atoms with E-state index >= 15 is 0 Å². The maximum Gasteiger partial charge on any atom is 0.316 e. The Morgan fingerprint density at radius 2 is 2.05 bits per heavy atom. The van der Waals surface area contributed by atoms with Crippen LogP contribution < -0.4 is 0 Å². The molecule has 0 amide bonds. The normalized spacial score (nSPS) is 42.3. The van der Waals surface area contributed by atoms with Gasteiger partial charge in [-0.05, 0) is 45.3 Å². The molecule has 2 fully saturated rings. The van der Waals surface area contributed by atoms with E-state index in [1.807, 2.05) is 39.0 Å². The molecule has 1 saturated heterocycles. The van der Waals surface area contributed by atoms with Crippen molar-refractivity contribution in [2.75, 3.05) is 0 Å². The molecular formula is C18H22O3. The molecule has 1 saturated carbocycles. The molecule has 3 heteroatoms. The lowest BCUT2D eigenvalue weighted by Gasteiger charge is -2.44. The largest absolute Gasteiger partial charge is 0.457 e. The molecule has 3 nitrogen and oxygen atoms in total. The molecule has 0 aromatic carbocycles. The van der Waals surface area contributed by atoms with Crippen LogP contribution in [0, 0.1) is 16.7 Å². The maximum absolute atomic E-state index is 12.4. The highest BCUT2D eigenvalue weighted by molar-refractivity contribution is 6.05. The van der Waals surface area contributed by atoms with Gasteiger partial charge in [-0.3, -0.25) is 9.59 Å². The maximum atomic E-state index is 12.4. The Kier molecular flexibility index (Phi) is 3.01. The van der Waals surface area contributed by atoms with Gasteiger partial charge in [0.15, 0.2) is 5.78 Å². The monoisotopic (exact) mass is 286 g/mol. The van der Waals surface area contributed by atoms with Crippen LogP contribution in [0.15, 0.2) is 35.5 Å². The molecule has 1 aliphatic heterocycles. The van der Waals surface area contributed by atoms with Gasteiger partial charge in [0.05, 0.1) is 5.41 Å². The standard InChI is InChI=1S/C18H22O3/c1-5-8-18(4)12-6-9-17(3)10-7-13(19)11(2)14(17)15(12)21-16(18)20/h5,7-8,10,12,15H,6,9H2,1-4H3/b8-5+/t12-,15+,17+,18-/m1/s1. The predicted molar refractivity (Wildman–Crippen MR) is 80.5 cm³/mol. The molecule has 0 aromatic rings. The summed E-state index contributed by atoms with van der Waals surface area (Å²) in [7, 11) is 0. The van der Waals surface area contributed by atoms with Gasteiger partial charge in [-0.15, -0.1) is 0 Å². The number of hydrogen-bond acceptors (Lipinski definition) is 3. The number of ketones is 1. The van der Waals surface area contributed by atoms with Crippen molar-refractivity contribution < 1.29 is 14.3 Å². The number of fused-ring (bicyclic) bond motifs is 3. The van der Waals surface area contributed by atoms with Crippen LogP contribution in [0.1, 0.15) is 40.5 Å². The van der Waals surface area contributed by atoms with Crippen LogP contribution in [0.3, 0.4) is 0 Å². The minimum atomic E-state index is -0.571. The van der Waals surface area contributed by atoms with Gasteiger partial charge in [-0.2, -0.15) is 0 Å². The zero-order chi connectivity index (χ0) is 15.4. The van der Waals surface area contributed by atoms with Crippen molar-refractivity contribution in [1.29, 1.82) is 0 Å². The van der Waals surface area contributed by atoms with Gasteiger partial charge in [-0.25, -0.2) is 0 Å². The Morgan fingerprint density at radius 3 is 2.71 bits per heavy atom. The first kappa shape index (κ1) is 14.3. The fourth-order valence-electron chi connectivity index (χ4n) is 4.29. The SMILES string of the molecule is C/C=C/[C@@]1(C)C(=O)O[C@@H]2C3=C(C)C(=O)C=C[C@]3(C)CC[C@H]21. The van der Waals surface area contributed by atoms with Crippen molar-refractivity contribution >= 4 is 11.8 Å². The Labute approximate surface area is 125 Å². The van der Waals surface area contributed by atoms with Crippen LogP contribution in [0.25, 0.3) is 0 Å². The molecule has 4 atom stereocenters. The summed E-state index contributed by atoms with van der Waals surface area (Å²) in [4.78, 5) is 24.5. The highest BCUT2D eigenvalue weighted by Gasteiger charge is 2.58. The number of carbonyl (C=O) groups is 2.